The Balaban J connectivity index is 1.69. The average molecular weight is 277 g/mol. The van der Waals surface area contributed by atoms with Crippen LogP contribution in [0, 0.1) is 5.92 Å². The largest absolute Gasteiger partial charge is 0.380 e. The number of likely N-dealkylation sites (N-methyl/N-ethyl adjacent to an activating group) is 1. The van der Waals surface area contributed by atoms with Crippen LogP contribution in [0.25, 0.3) is 0 Å². The van der Waals surface area contributed by atoms with Gasteiger partial charge >= 0.3 is 0 Å². The van der Waals surface area contributed by atoms with Crippen LogP contribution in [-0.4, -0.2) is 37.6 Å². The molecule has 1 saturated carbocycles. The van der Waals surface area contributed by atoms with Crippen LogP contribution in [0.15, 0.2) is 24.3 Å². The first-order chi connectivity index (χ1) is 9.69. The van der Waals surface area contributed by atoms with Gasteiger partial charge in [-0.1, -0.05) is 12.1 Å². The molecular formula is C15H23N3O2. The van der Waals surface area contributed by atoms with Gasteiger partial charge in [-0.2, -0.15) is 0 Å². The number of carbonyl (C=O) groups excluding carboxylic acids is 1. The van der Waals surface area contributed by atoms with E-state index in [1.165, 1.54) is 18.4 Å². The Morgan fingerprint density at radius 2 is 2.10 bits per heavy atom. The fourth-order valence-corrected chi connectivity index (χ4v) is 1.99. The first-order valence-electron chi connectivity index (χ1n) is 7.05. The average Bonchev–Trinajstić information content (AvgIpc) is 3.28. The lowest BCUT2D eigenvalue weighted by Crippen LogP contribution is -2.30. The zero-order chi connectivity index (χ0) is 14.4. The van der Waals surface area contributed by atoms with Crippen LogP contribution in [0.3, 0.4) is 0 Å². The van der Waals surface area contributed by atoms with Gasteiger partial charge in [0.2, 0.25) is 0 Å². The zero-order valence-corrected chi connectivity index (χ0v) is 12.0. The summed E-state index contributed by atoms with van der Waals surface area (Å²) in [5.41, 5.74) is 3.87. The highest BCUT2D eigenvalue weighted by Gasteiger charge is 2.20. The van der Waals surface area contributed by atoms with Crippen molar-refractivity contribution in [2.75, 3.05) is 26.8 Å². The molecule has 0 bridgehead atoms. The number of hydrogen-bond donors (Lipinski definition) is 2. The van der Waals surface area contributed by atoms with Crippen molar-refractivity contribution in [3.05, 3.63) is 35.4 Å². The van der Waals surface area contributed by atoms with Crippen molar-refractivity contribution >= 4 is 5.91 Å². The minimum absolute atomic E-state index is 0.265. The Bertz CT molecular complexity index is 429. The molecule has 0 heterocycles. The fraction of sp³-hybridized carbons (Fsp3) is 0.533. The molecule has 1 aliphatic rings. The van der Waals surface area contributed by atoms with Gasteiger partial charge in [-0.25, -0.2) is 5.84 Å². The number of nitrogens with two attached hydrogens (primary N) is 1. The van der Waals surface area contributed by atoms with E-state index in [0.717, 1.165) is 32.2 Å². The Kier molecular flexibility index (Phi) is 5.52. The van der Waals surface area contributed by atoms with Crippen molar-refractivity contribution in [3.63, 3.8) is 0 Å². The second-order valence-corrected chi connectivity index (χ2v) is 5.43. The summed E-state index contributed by atoms with van der Waals surface area (Å²) in [4.78, 5) is 13.5. The smallest absolute Gasteiger partial charge is 0.265 e. The fourth-order valence-electron chi connectivity index (χ4n) is 1.99. The monoisotopic (exact) mass is 277 g/mol. The van der Waals surface area contributed by atoms with Crippen molar-refractivity contribution in [2.45, 2.75) is 19.4 Å². The molecule has 0 atom stereocenters. The molecule has 5 heteroatoms. The van der Waals surface area contributed by atoms with Gasteiger partial charge in [-0.05, 0) is 43.5 Å². The number of hydrazine groups is 1. The summed E-state index contributed by atoms with van der Waals surface area (Å²) in [6.45, 7) is 3.45. The van der Waals surface area contributed by atoms with Gasteiger partial charge < -0.3 is 4.74 Å². The van der Waals surface area contributed by atoms with Crippen LogP contribution in [0.4, 0.5) is 0 Å². The van der Waals surface area contributed by atoms with E-state index < -0.39 is 0 Å². The van der Waals surface area contributed by atoms with E-state index in [1.807, 2.05) is 12.1 Å². The lowest BCUT2D eigenvalue weighted by atomic mass is 10.1. The standard InChI is InChI=1S/C15H23N3O2/c1-18(8-9-20-11-13-2-3-13)10-12-4-6-14(7-5-12)15(19)17-16/h4-7,13H,2-3,8-11,16H2,1H3,(H,17,19). The third-order valence-electron chi connectivity index (χ3n) is 3.47. The maximum absolute atomic E-state index is 11.3. The van der Waals surface area contributed by atoms with Gasteiger partial charge in [0.05, 0.1) is 6.61 Å². The summed E-state index contributed by atoms with van der Waals surface area (Å²) in [7, 11) is 2.07. The first-order valence-corrected chi connectivity index (χ1v) is 7.05. The minimum Gasteiger partial charge on any atom is -0.380 e. The molecule has 0 aliphatic heterocycles. The predicted molar refractivity (Wildman–Crippen MR) is 78.0 cm³/mol. The van der Waals surface area contributed by atoms with E-state index in [0.29, 0.717) is 5.56 Å². The van der Waals surface area contributed by atoms with E-state index in [2.05, 4.69) is 17.4 Å². The summed E-state index contributed by atoms with van der Waals surface area (Å²) < 4.78 is 5.62. The summed E-state index contributed by atoms with van der Waals surface area (Å²) in [6.07, 6.45) is 2.66. The molecule has 1 amide bonds. The molecule has 1 aliphatic carbocycles. The van der Waals surface area contributed by atoms with Crippen LogP contribution in [0.1, 0.15) is 28.8 Å². The van der Waals surface area contributed by atoms with Crippen molar-refractivity contribution < 1.29 is 9.53 Å². The number of carbonyl (C=O) groups is 1. The number of rotatable bonds is 8. The normalized spacial score (nSPS) is 14.6. The number of ether oxygens (including phenoxy) is 1. The SMILES string of the molecule is CN(CCOCC1CC1)Cc1ccc(C(=O)NN)cc1. The van der Waals surface area contributed by atoms with Gasteiger partial charge in [-0.3, -0.25) is 15.1 Å². The van der Waals surface area contributed by atoms with E-state index in [1.54, 1.807) is 12.1 Å². The van der Waals surface area contributed by atoms with E-state index in [9.17, 15) is 4.79 Å². The third-order valence-corrected chi connectivity index (χ3v) is 3.47. The quantitative estimate of drug-likeness (QED) is 0.324. The third kappa shape index (κ3) is 4.92. The highest BCUT2D eigenvalue weighted by molar-refractivity contribution is 5.93. The van der Waals surface area contributed by atoms with Crippen molar-refractivity contribution in [1.29, 1.82) is 0 Å². The number of nitrogen functional groups attached to an aromatic ring is 1. The van der Waals surface area contributed by atoms with Gasteiger partial charge in [0.15, 0.2) is 0 Å². The van der Waals surface area contributed by atoms with Crippen LogP contribution >= 0.6 is 0 Å². The number of amides is 1. The molecule has 0 aromatic heterocycles. The molecule has 0 spiro atoms. The molecule has 0 unspecified atom stereocenters. The molecule has 1 aromatic carbocycles. The Labute approximate surface area is 120 Å². The predicted octanol–water partition coefficient (Wildman–Crippen LogP) is 1.15. The molecular weight excluding hydrogens is 254 g/mol. The zero-order valence-electron chi connectivity index (χ0n) is 12.0. The van der Waals surface area contributed by atoms with Gasteiger partial charge in [-0.15, -0.1) is 0 Å². The maximum Gasteiger partial charge on any atom is 0.265 e. The van der Waals surface area contributed by atoms with E-state index >= 15 is 0 Å². The molecule has 2 rings (SSSR count). The summed E-state index contributed by atoms with van der Waals surface area (Å²) in [5.74, 6) is 5.65. The van der Waals surface area contributed by atoms with E-state index in [-0.39, 0.29) is 5.91 Å². The number of benzene rings is 1. The minimum atomic E-state index is -0.265. The molecule has 20 heavy (non-hydrogen) atoms. The Morgan fingerprint density at radius 3 is 2.70 bits per heavy atom. The molecule has 0 saturated heterocycles. The van der Waals surface area contributed by atoms with Gasteiger partial charge in [0, 0.05) is 25.3 Å². The highest BCUT2D eigenvalue weighted by atomic mass is 16.5. The summed E-state index contributed by atoms with van der Waals surface area (Å²) in [5, 5.41) is 0. The molecule has 0 radical (unpaired) electrons. The number of hydrogen-bond acceptors (Lipinski definition) is 4. The van der Waals surface area contributed by atoms with Crippen LogP contribution in [0.2, 0.25) is 0 Å². The number of nitrogens with zero attached hydrogens (tertiary/aromatic N) is 1. The van der Waals surface area contributed by atoms with Crippen molar-refractivity contribution in [2.24, 2.45) is 11.8 Å². The molecule has 3 N–H and O–H groups in total. The van der Waals surface area contributed by atoms with Gasteiger partial charge in [0.1, 0.15) is 0 Å². The Morgan fingerprint density at radius 1 is 1.40 bits per heavy atom. The number of nitrogens with one attached hydrogen (secondary N) is 1. The maximum atomic E-state index is 11.3. The highest BCUT2D eigenvalue weighted by Crippen LogP contribution is 2.28. The topological polar surface area (TPSA) is 67.6 Å². The molecule has 1 fully saturated rings. The van der Waals surface area contributed by atoms with E-state index in [4.69, 9.17) is 10.6 Å². The van der Waals surface area contributed by atoms with Crippen LogP contribution in [0.5, 0.6) is 0 Å². The second-order valence-electron chi connectivity index (χ2n) is 5.43. The molecule has 110 valence electrons. The van der Waals surface area contributed by atoms with Gasteiger partial charge in [0.25, 0.3) is 5.91 Å². The van der Waals surface area contributed by atoms with Crippen LogP contribution in [-0.2, 0) is 11.3 Å². The van der Waals surface area contributed by atoms with Crippen molar-refractivity contribution in [1.82, 2.24) is 10.3 Å². The lowest BCUT2D eigenvalue weighted by Gasteiger charge is -2.16. The molecule has 5 nitrogen and oxygen atoms in total. The lowest BCUT2D eigenvalue weighted by molar-refractivity contribution is 0.0953. The first kappa shape index (κ1) is 15.0. The summed E-state index contributed by atoms with van der Waals surface area (Å²) >= 11 is 0. The van der Waals surface area contributed by atoms with Crippen molar-refractivity contribution in [3.8, 4) is 0 Å². The Hall–Kier alpha value is -1.43. The second kappa shape index (κ2) is 7.38. The van der Waals surface area contributed by atoms with Crippen LogP contribution < -0.4 is 11.3 Å². The summed E-state index contributed by atoms with van der Waals surface area (Å²) in [6, 6.07) is 7.47. The molecule has 1 aromatic rings.